The van der Waals surface area contributed by atoms with Gasteiger partial charge in [-0.3, -0.25) is 0 Å². The van der Waals surface area contributed by atoms with Crippen molar-refractivity contribution >= 4 is 38.4 Å². The van der Waals surface area contributed by atoms with E-state index in [9.17, 15) is 8.42 Å². The van der Waals surface area contributed by atoms with Gasteiger partial charge in [0.1, 0.15) is 0 Å². The van der Waals surface area contributed by atoms with Crippen molar-refractivity contribution < 1.29 is 8.42 Å². The summed E-state index contributed by atoms with van der Waals surface area (Å²) in [6.45, 7) is 2.61. The zero-order valence-electron chi connectivity index (χ0n) is 9.44. The number of nitrogens with one attached hydrogen (secondary N) is 1. The molecule has 98 valence electrons. The molecule has 0 fully saturated rings. The summed E-state index contributed by atoms with van der Waals surface area (Å²) >= 11 is 3.26. The molecule has 1 aromatic rings. The highest BCUT2D eigenvalue weighted by Crippen LogP contribution is 2.20. The Bertz CT molecular complexity index is 465. The van der Waals surface area contributed by atoms with Crippen molar-refractivity contribution in [3.8, 4) is 0 Å². The molecule has 0 aromatic heterocycles. The first-order chi connectivity index (χ1) is 7.47. The topological polar surface area (TPSA) is 72.2 Å². The summed E-state index contributed by atoms with van der Waals surface area (Å²) in [5.41, 5.74) is 6.03. The summed E-state index contributed by atoms with van der Waals surface area (Å²) in [7, 11) is -3.42. The Labute approximate surface area is 117 Å². The van der Waals surface area contributed by atoms with Gasteiger partial charge in [-0.15, -0.1) is 12.4 Å². The number of hydrogen-bond donors (Lipinski definition) is 2. The highest BCUT2D eigenvalue weighted by molar-refractivity contribution is 9.10. The molecule has 0 bridgehead atoms. The van der Waals surface area contributed by atoms with E-state index in [0.29, 0.717) is 24.4 Å². The van der Waals surface area contributed by atoms with E-state index in [2.05, 4.69) is 20.7 Å². The lowest BCUT2D eigenvalue weighted by atomic mass is 10.2. The van der Waals surface area contributed by atoms with Gasteiger partial charge in [0.25, 0.3) is 0 Å². The van der Waals surface area contributed by atoms with Gasteiger partial charge in [0.15, 0.2) is 0 Å². The SMILES string of the molecule is Cc1ccc(Br)cc1S(=O)(=O)NCCCN.Cl. The van der Waals surface area contributed by atoms with Crippen LogP contribution in [0, 0.1) is 6.92 Å². The standard InChI is InChI=1S/C10H15BrN2O2S.ClH/c1-8-3-4-9(11)7-10(8)16(14,15)13-6-2-5-12;/h3-4,7,13H,2,5-6,12H2,1H3;1H. The predicted molar refractivity (Wildman–Crippen MR) is 75.0 cm³/mol. The van der Waals surface area contributed by atoms with Crippen LogP contribution in [0.1, 0.15) is 12.0 Å². The van der Waals surface area contributed by atoms with Crippen molar-refractivity contribution in [1.29, 1.82) is 0 Å². The second-order valence-corrected chi connectivity index (χ2v) is 6.10. The first-order valence-corrected chi connectivity index (χ1v) is 7.21. The predicted octanol–water partition coefficient (Wildman–Crippen LogP) is 1.81. The lowest BCUT2D eigenvalue weighted by Crippen LogP contribution is -2.26. The van der Waals surface area contributed by atoms with Crippen LogP contribution in [0.15, 0.2) is 27.6 Å². The number of benzene rings is 1. The minimum atomic E-state index is -3.42. The Balaban J connectivity index is 0.00000256. The van der Waals surface area contributed by atoms with Crippen molar-refractivity contribution in [1.82, 2.24) is 4.72 Å². The molecule has 0 saturated carbocycles. The lowest BCUT2D eigenvalue weighted by molar-refractivity contribution is 0.579. The monoisotopic (exact) mass is 342 g/mol. The summed E-state index contributed by atoms with van der Waals surface area (Å²) < 4.78 is 27.1. The molecular formula is C10H16BrClN2O2S. The number of halogens is 2. The zero-order chi connectivity index (χ0) is 12.2. The maximum Gasteiger partial charge on any atom is 0.240 e. The highest BCUT2D eigenvalue weighted by atomic mass is 79.9. The smallest absolute Gasteiger partial charge is 0.240 e. The van der Waals surface area contributed by atoms with E-state index in [1.807, 2.05) is 6.07 Å². The van der Waals surface area contributed by atoms with Crippen molar-refractivity contribution in [2.75, 3.05) is 13.1 Å². The lowest BCUT2D eigenvalue weighted by Gasteiger charge is -2.09. The third-order valence-electron chi connectivity index (χ3n) is 2.11. The number of hydrogen-bond acceptors (Lipinski definition) is 3. The normalized spacial score (nSPS) is 11.0. The molecule has 17 heavy (non-hydrogen) atoms. The molecule has 1 rings (SSSR count). The van der Waals surface area contributed by atoms with E-state index in [0.717, 1.165) is 10.0 Å². The first kappa shape index (κ1) is 16.9. The van der Waals surface area contributed by atoms with E-state index in [4.69, 9.17) is 5.73 Å². The van der Waals surface area contributed by atoms with Gasteiger partial charge in [0.2, 0.25) is 10.0 Å². The number of rotatable bonds is 5. The summed E-state index contributed by atoms with van der Waals surface area (Å²) in [6.07, 6.45) is 0.631. The quantitative estimate of drug-likeness (QED) is 0.801. The Morgan fingerprint density at radius 2 is 2.06 bits per heavy atom. The van der Waals surface area contributed by atoms with E-state index in [1.54, 1.807) is 19.1 Å². The van der Waals surface area contributed by atoms with E-state index in [1.165, 1.54) is 0 Å². The van der Waals surface area contributed by atoms with Crippen LogP contribution in [0.4, 0.5) is 0 Å². The Kier molecular flexibility index (Phi) is 7.27. The van der Waals surface area contributed by atoms with Crippen LogP contribution in [0.5, 0.6) is 0 Å². The van der Waals surface area contributed by atoms with Crippen LogP contribution < -0.4 is 10.5 Å². The van der Waals surface area contributed by atoms with Gasteiger partial charge in [-0.25, -0.2) is 13.1 Å². The van der Waals surface area contributed by atoms with Crippen LogP contribution in [0.3, 0.4) is 0 Å². The fourth-order valence-electron chi connectivity index (χ4n) is 1.25. The molecule has 3 N–H and O–H groups in total. The van der Waals surface area contributed by atoms with Gasteiger partial charge in [0, 0.05) is 11.0 Å². The Hall–Kier alpha value is -0.140. The molecule has 0 radical (unpaired) electrons. The second-order valence-electron chi connectivity index (χ2n) is 3.45. The van der Waals surface area contributed by atoms with Crippen LogP contribution in [-0.4, -0.2) is 21.5 Å². The molecule has 0 amide bonds. The highest BCUT2D eigenvalue weighted by Gasteiger charge is 2.16. The Morgan fingerprint density at radius 3 is 2.65 bits per heavy atom. The van der Waals surface area contributed by atoms with Crippen molar-refractivity contribution in [2.24, 2.45) is 5.73 Å². The third kappa shape index (κ3) is 4.93. The number of sulfonamides is 1. The van der Waals surface area contributed by atoms with Gasteiger partial charge in [0.05, 0.1) is 4.90 Å². The summed E-state index contributed by atoms with van der Waals surface area (Å²) in [6, 6.07) is 5.18. The van der Waals surface area contributed by atoms with Crippen molar-refractivity contribution in [3.63, 3.8) is 0 Å². The minimum absolute atomic E-state index is 0. The molecule has 7 heteroatoms. The number of aryl methyl sites for hydroxylation is 1. The van der Waals surface area contributed by atoms with Gasteiger partial charge in [-0.05, 0) is 37.6 Å². The molecule has 0 heterocycles. The second kappa shape index (κ2) is 7.33. The van der Waals surface area contributed by atoms with Crippen molar-refractivity contribution in [3.05, 3.63) is 28.2 Å². The van der Waals surface area contributed by atoms with E-state index < -0.39 is 10.0 Å². The molecule has 1 aromatic carbocycles. The zero-order valence-corrected chi connectivity index (χ0v) is 12.7. The van der Waals surface area contributed by atoms with Crippen LogP contribution in [0.25, 0.3) is 0 Å². The van der Waals surface area contributed by atoms with Crippen LogP contribution >= 0.6 is 28.3 Å². The fourth-order valence-corrected chi connectivity index (χ4v) is 3.11. The van der Waals surface area contributed by atoms with Gasteiger partial charge >= 0.3 is 0 Å². The minimum Gasteiger partial charge on any atom is -0.330 e. The molecule has 0 atom stereocenters. The van der Waals surface area contributed by atoms with Crippen LogP contribution in [-0.2, 0) is 10.0 Å². The largest absolute Gasteiger partial charge is 0.330 e. The summed E-state index contributed by atoms with van der Waals surface area (Å²) in [5.74, 6) is 0. The third-order valence-corrected chi connectivity index (χ3v) is 4.21. The van der Waals surface area contributed by atoms with Gasteiger partial charge in [-0.2, -0.15) is 0 Å². The average molecular weight is 344 g/mol. The molecule has 0 aliphatic heterocycles. The van der Waals surface area contributed by atoms with Crippen LogP contribution in [0.2, 0.25) is 0 Å². The molecule has 0 spiro atoms. The maximum atomic E-state index is 11.9. The average Bonchev–Trinajstić information content (AvgIpc) is 2.22. The molecule has 4 nitrogen and oxygen atoms in total. The fraction of sp³-hybridized carbons (Fsp3) is 0.400. The Morgan fingerprint density at radius 1 is 1.41 bits per heavy atom. The first-order valence-electron chi connectivity index (χ1n) is 4.93. The van der Waals surface area contributed by atoms with E-state index >= 15 is 0 Å². The van der Waals surface area contributed by atoms with Crippen molar-refractivity contribution in [2.45, 2.75) is 18.2 Å². The van der Waals surface area contributed by atoms with Gasteiger partial charge < -0.3 is 5.73 Å². The summed E-state index contributed by atoms with van der Waals surface area (Å²) in [4.78, 5) is 0.305. The number of nitrogens with two attached hydrogens (primary N) is 1. The maximum absolute atomic E-state index is 11.9. The van der Waals surface area contributed by atoms with E-state index in [-0.39, 0.29) is 12.4 Å². The summed E-state index contributed by atoms with van der Waals surface area (Å²) in [5, 5.41) is 0. The molecule has 0 saturated heterocycles. The van der Waals surface area contributed by atoms with Gasteiger partial charge in [-0.1, -0.05) is 22.0 Å². The molecule has 0 aliphatic rings. The molecular weight excluding hydrogens is 328 g/mol. The molecule has 0 aliphatic carbocycles. The molecule has 0 unspecified atom stereocenters.